The van der Waals surface area contributed by atoms with Crippen molar-refractivity contribution >= 4 is 10.9 Å². The van der Waals surface area contributed by atoms with Crippen LogP contribution in [0.4, 0.5) is 0 Å². The predicted octanol–water partition coefficient (Wildman–Crippen LogP) is 5.31. The Kier molecular flexibility index (Phi) is 4.53. The summed E-state index contributed by atoms with van der Waals surface area (Å²) in [6.45, 7) is 13.1. The molecule has 0 unspecified atom stereocenters. The fourth-order valence-corrected chi connectivity index (χ4v) is 9.97. The molecule has 2 aromatic rings. The number of aromatic nitrogens is 1. The van der Waals surface area contributed by atoms with Crippen LogP contribution in [0, 0.1) is 11.3 Å². The van der Waals surface area contributed by atoms with E-state index in [9.17, 15) is 5.11 Å². The second-order valence-corrected chi connectivity index (χ2v) is 14.2. The van der Waals surface area contributed by atoms with Crippen LogP contribution in [0.25, 0.3) is 10.9 Å². The van der Waals surface area contributed by atoms with Crippen LogP contribution in [0.3, 0.4) is 0 Å². The number of epoxide rings is 1. The van der Waals surface area contributed by atoms with E-state index in [1.165, 1.54) is 22.2 Å². The molecule has 3 aliphatic heterocycles. The summed E-state index contributed by atoms with van der Waals surface area (Å²) in [5.74, 6) is 0.501. The zero-order valence-corrected chi connectivity index (χ0v) is 23.5. The average molecular weight is 520 g/mol. The molecular formula is C32H41NO5. The molecule has 1 aromatic heterocycles. The maximum atomic E-state index is 13.1. The summed E-state index contributed by atoms with van der Waals surface area (Å²) in [6, 6.07) is 8.67. The van der Waals surface area contributed by atoms with E-state index in [1.807, 2.05) is 6.08 Å². The van der Waals surface area contributed by atoms with E-state index in [0.717, 1.165) is 37.7 Å². The predicted molar refractivity (Wildman–Crippen MR) is 144 cm³/mol. The molecule has 1 spiro atoms. The minimum Gasteiger partial charge on any atom is -0.386 e. The third-order valence-corrected chi connectivity index (χ3v) is 12.0. The number of benzene rings is 1. The van der Waals surface area contributed by atoms with Gasteiger partial charge >= 0.3 is 0 Å². The molecule has 6 heteroatoms. The molecule has 5 fully saturated rings. The topological polar surface area (TPSA) is 76.2 Å². The molecule has 3 aliphatic carbocycles. The van der Waals surface area contributed by atoms with Crippen molar-refractivity contribution in [3.63, 3.8) is 0 Å². The number of H-pyrrole nitrogens is 1. The molecule has 4 heterocycles. The summed E-state index contributed by atoms with van der Waals surface area (Å²) in [4.78, 5) is 3.84. The van der Waals surface area contributed by atoms with E-state index in [4.69, 9.17) is 18.9 Å². The van der Waals surface area contributed by atoms with Crippen LogP contribution in [0.1, 0.15) is 78.5 Å². The summed E-state index contributed by atoms with van der Waals surface area (Å²) >= 11 is 0. The van der Waals surface area contributed by atoms with Crippen molar-refractivity contribution in [2.75, 3.05) is 0 Å². The molecule has 2 N–H and O–H groups in total. The molecule has 0 bridgehead atoms. The smallest absolute Gasteiger partial charge is 0.178 e. The Hall–Kier alpha value is -1.70. The van der Waals surface area contributed by atoms with E-state index in [-0.39, 0.29) is 35.2 Å². The fraction of sp³-hybridized carbons (Fsp3) is 0.688. The highest BCUT2D eigenvalue weighted by molar-refractivity contribution is 5.86. The quantitative estimate of drug-likeness (QED) is 0.394. The number of ether oxygens (including phenoxy) is 4. The average Bonchev–Trinajstić information content (AvgIpc) is 3.43. The highest BCUT2D eigenvalue weighted by Crippen LogP contribution is 2.75. The van der Waals surface area contributed by atoms with Gasteiger partial charge in [-0.15, -0.1) is 0 Å². The molecular weight excluding hydrogens is 478 g/mol. The zero-order chi connectivity index (χ0) is 26.5. The lowest BCUT2D eigenvalue weighted by molar-refractivity contribution is -0.343. The van der Waals surface area contributed by atoms with Gasteiger partial charge in [0, 0.05) is 27.4 Å². The van der Waals surface area contributed by atoms with Crippen LogP contribution < -0.4 is 0 Å². The number of fused-ring (bicyclic) bond motifs is 9. The van der Waals surface area contributed by atoms with Gasteiger partial charge in [0.15, 0.2) is 11.9 Å². The Labute approximate surface area is 225 Å². The SMILES string of the molecule is CC(C)=C[C@@H]1O[C@H]2[C@H]3O[C@]34[C@@H](CC[C@@]3(C)[C@]4(O)CC[C@H]4Cc5c([nH]c6ccccc56)[C@]43C)O[C@@H]2C(C)(C)O1. The van der Waals surface area contributed by atoms with Gasteiger partial charge in [-0.25, -0.2) is 0 Å². The van der Waals surface area contributed by atoms with Crippen molar-refractivity contribution in [2.45, 2.75) is 127 Å². The van der Waals surface area contributed by atoms with Crippen LogP contribution >= 0.6 is 0 Å². The molecule has 0 radical (unpaired) electrons. The first-order valence-electron chi connectivity index (χ1n) is 14.6. The van der Waals surface area contributed by atoms with Crippen LogP contribution in [0.2, 0.25) is 0 Å². The number of para-hydroxylation sites is 1. The van der Waals surface area contributed by atoms with E-state index in [1.54, 1.807) is 0 Å². The lowest BCUT2D eigenvalue weighted by atomic mass is 9.40. The van der Waals surface area contributed by atoms with Gasteiger partial charge in [-0.1, -0.05) is 37.6 Å². The largest absolute Gasteiger partial charge is 0.386 e. The first-order chi connectivity index (χ1) is 18.0. The Morgan fingerprint density at radius 2 is 1.79 bits per heavy atom. The van der Waals surface area contributed by atoms with Crippen molar-refractivity contribution in [3.8, 4) is 0 Å². The van der Waals surface area contributed by atoms with Gasteiger partial charge in [-0.05, 0) is 83.4 Å². The van der Waals surface area contributed by atoms with Crippen LogP contribution in [0.15, 0.2) is 35.9 Å². The van der Waals surface area contributed by atoms with Gasteiger partial charge in [-0.3, -0.25) is 0 Å². The summed E-state index contributed by atoms with van der Waals surface area (Å²) < 4.78 is 26.5. The van der Waals surface area contributed by atoms with E-state index in [0.29, 0.717) is 5.92 Å². The van der Waals surface area contributed by atoms with Crippen LogP contribution in [0.5, 0.6) is 0 Å². The lowest BCUT2D eigenvalue weighted by Gasteiger charge is -2.66. The molecule has 2 saturated carbocycles. The van der Waals surface area contributed by atoms with Crippen molar-refractivity contribution < 1.29 is 24.1 Å². The molecule has 6 nitrogen and oxygen atoms in total. The number of aromatic amines is 1. The lowest BCUT2D eigenvalue weighted by Crippen LogP contribution is -2.77. The van der Waals surface area contributed by atoms with Crippen molar-refractivity contribution in [3.05, 3.63) is 47.2 Å². The molecule has 8 rings (SSSR count). The highest BCUT2D eigenvalue weighted by atomic mass is 16.8. The van der Waals surface area contributed by atoms with Crippen LogP contribution in [-0.2, 0) is 30.8 Å². The molecule has 38 heavy (non-hydrogen) atoms. The molecule has 10 atom stereocenters. The Bertz CT molecular complexity index is 1380. The maximum Gasteiger partial charge on any atom is 0.178 e. The second-order valence-electron chi connectivity index (χ2n) is 14.2. The molecule has 1 aromatic carbocycles. The maximum absolute atomic E-state index is 13.1. The third-order valence-electron chi connectivity index (χ3n) is 12.0. The fourth-order valence-electron chi connectivity index (χ4n) is 9.97. The van der Waals surface area contributed by atoms with Gasteiger partial charge in [0.2, 0.25) is 0 Å². The second kappa shape index (κ2) is 7.13. The Morgan fingerprint density at radius 3 is 2.58 bits per heavy atom. The number of aliphatic hydroxyl groups is 1. The summed E-state index contributed by atoms with van der Waals surface area (Å²) in [5.41, 5.74) is 2.31. The van der Waals surface area contributed by atoms with Gasteiger partial charge in [0.1, 0.15) is 23.9 Å². The Morgan fingerprint density at radius 1 is 1.00 bits per heavy atom. The monoisotopic (exact) mass is 519 g/mol. The molecule has 6 aliphatic rings. The summed E-state index contributed by atoms with van der Waals surface area (Å²) in [5, 5.41) is 14.4. The van der Waals surface area contributed by atoms with E-state index < -0.39 is 23.1 Å². The third kappa shape index (κ3) is 2.54. The van der Waals surface area contributed by atoms with Crippen molar-refractivity contribution in [1.82, 2.24) is 4.98 Å². The van der Waals surface area contributed by atoms with Crippen molar-refractivity contribution in [1.29, 1.82) is 0 Å². The van der Waals surface area contributed by atoms with Gasteiger partial charge in [-0.2, -0.15) is 0 Å². The van der Waals surface area contributed by atoms with Gasteiger partial charge in [0.25, 0.3) is 0 Å². The number of rotatable bonds is 1. The van der Waals surface area contributed by atoms with Crippen LogP contribution in [-0.4, -0.2) is 57.6 Å². The van der Waals surface area contributed by atoms with Gasteiger partial charge < -0.3 is 29.0 Å². The highest BCUT2D eigenvalue weighted by Gasteiger charge is 2.87. The van der Waals surface area contributed by atoms with Crippen molar-refractivity contribution in [2.24, 2.45) is 11.3 Å². The number of hydrogen-bond acceptors (Lipinski definition) is 5. The first kappa shape index (κ1) is 24.1. The molecule has 0 amide bonds. The van der Waals surface area contributed by atoms with E-state index >= 15 is 0 Å². The van der Waals surface area contributed by atoms with Gasteiger partial charge in [0.05, 0.1) is 11.7 Å². The minimum absolute atomic E-state index is 0.165. The Balaban J connectivity index is 1.22. The number of hydrogen-bond donors (Lipinski definition) is 2. The number of nitrogens with one attached hydrogen (secondary N) is 1. The normalized spacial score (nSPS) is 49.7. The summed E-state index contributed by atoms with van der Waals surface area (Å²) in [7, 11) is 0. The molecule has 3 saturated heterocycles. The first-order valence-corrected chi connectivity index (χ1v) is 14.6. The minimum atomic E-state index is -1.01. The standard InChI is InChI=1S/C32H41NO5/c1-17(2)15-23-36-24-26(28(3,4)37-23)35-22-12-13-29(5)30(6)18(11-14-31(29,34)32(22)27(24)38-32)16-20-19-9-7-8-10-21(19)33-25(20)30/h7-10,15,18,22-24,26-27,33-34H,11-14,16H2,1-6H3/t18-,22+,23+,24+,26-,27+,29+,30-,31+,32+/m0/s1. The summed E-state index contributed by atoms with van der Waals surface area (Å²) in [6.07, 6.45) is 5.25. The zero-order valence-electron chi connectivity index (χ0n) is 23.5. The van der Waals surface area contributed by atoms with E-state index in [2.05, 4.69) is 70.8 Å². The number of allylic oxidation sites excluding steroid dienone is 1. The molecule has 204 valence electrons.